The van der Waals surface area contributed by atoms with Crippen molar-refractivity contribution in [2.24, 2.45) is 0 Å². The highest BCUT2D eigenvalue weighted by Crippen LogP contribution is 2.29. The van der Waals surface area contributed by atoms with Crippen LogP contribution in [0.15, 0.2) is 35.2 Å². The number of hydrogen-bond donors (Lipinski definition) is 2. The van der Waals surface area contributed by atoms with E-state index in [1.54, 1.807) is 38.1 Å². The Labute approximate surface area is 156 Å². The summed E-state index contributed by atoms with van der Waals surface area (Å²) in [7, 11) is -3.28. The van der Waals surface area contributed by atoms with Gasteiger partial charge in [0.1, 0.15) is 5.75 Å². The second-order valence-electron chi connectivity index (χ2n) is 6.47. The first-order chi connectivity index (χ1) is 12.7. The fourth-order valence-corrected chi connectivity index (χ4v) is 4.71. The molecule has 0 saturated heterocycles. The molecule has 0 fully saturated rings. The van der Waals surface area contributed by atoms with Crippen LogP contribution in [0.1, 0.15) is 27.0 Å². The van der Waals surface area contributed by atoms with Gasteiger partial charge in [-0.25, -0.2) is 13.2 Å². The quantitative estimate of drug-likeness (QED) is 0.812. The number of carbonyl (C=O) groups excluding carboxylic acids is 1. The molecule has 1 amide bonds. The van der Waals surface area contributed by atoms with E-state index < -0.39 is 22.4 Å². The summed E-state index contributed by atoms with van der Waals surface area (Å²) in [6.45, 7) is 2.99. The summed E-state index contributed by atoms with van der Waals surface area (Å²) in [5, 5.41) is 11.4. The van der Waals surface area contributed by atoms with Crippen LogP contribution in [0, 0.1) is 13.8 Å². The predicted octanol–water partition coefficient (Wildman–Crippen LogP) is 2.35. The molecule has 1 aliphatic heterocycles. The predicted molar refractivity (Wildman–Crippen MR) is 99.2 cm³/mol. The molecule has 7 nitrogen and oxygen atoms in total. The van der Waals surface area contributed by atoms with Crippen molar-refractivity contribution in [1.82, 2.24) is 0 Å². The van der Waals surface area contributed by atoms with Gasteiger partial charge in [-0.05, 0) is 61.2 Å². The number of aryl methyl sites for hydroxylation is 3. The number of carboxylic acid groups (broad SMARTS) is 1. The maximum absolute atomic E-state index is 12.6. The van der Waals surface area contributed by atoms with Gasteiger partial charge in [0.15, 0.2) is 16.4 Å². The van der Waals surface area contributed by atoms with Crippen molar-refractivity contribution >= 4 is 27.4 Å². The summed E-state index contributed by atoms with van der Waals surface area (Å²) >= 11 is 0. The van der Waals surface area contributed by atoms with E-state index in [0.717, 1.165) is 5.56 Å². The zero-order chi connectivity index (χ0) is 19.8. The van der Waals surface area contributed by atoms with Gasteiger partial charge < -0.3 is 15.2 Å². The second-order valence-corrected chi connectivity index (χ2v) is 8.54. The number of nitrogens with one attached hydrogen (secondary N) is 1. The van der Waals surface area contributed by atoms with Crippen molar-refractivity contribution in [3.8, 4) is 5.75 Å². The highest BCUT2D eigenvalue weighted by Gasteiger charge is 2.26. The van der Waals surface area contributed by atoms with Gasteiger partial charge in [-0.15, -0.1) is 0 Å². The number of fused-ring (bicyclic) bond motifs is 1. The van der Waals surface area contributed by atoms with Crippen molar-refractivity contribution in [2.75, 3.05) is 17.7 Å². The molecule has 2 N–H and O–H groups in total. The van der Waals surface area contributed by atoms with E-state index >= 15 is 0 Å². The molecule has 0 spiro atoms. The highest BCUT2D eigenvalue weighted by atomic mass is 32.2. The maximum Gasteiger partial charge on any atom is 0.341 e. The van der Waals surface area contributed by atoms with E-state index in [2.05, 4.69) is 5.32 Å². The number of rotatable bonds is 5. The Balaban J connectivity index is 1.82. The summed E-state index contributed by atoms with van der Waals surface area (Å²) in [5.41, 5.74) is 2.82. The number of sulfone groups is 1. The number of anilines is 1. The van der Waals surface area contributed by atoms with Crippen LogP contribution in [0.5, 0.6) is 5.75 Å². The number of aliphatic carboxylic acids is 1. The summed E-state index contributed by atoms with van der Waals surface area (Å²) < 4.78 is 29.3. The topological polar surface area (TPSA) is 110 Å². The first-order valence-corrected chi connectivity index (χ1v) is 9.95. The fraction of sp³-hybridized carbons (Fsp3) is 0.263. The lowest BCUT2D eigenvalue weighted by molar-refractivity contribution is -0.139. The van der Waals surface area contributed by atoms with E-state index in [9.17, 15) is 18.0 Å². The summed E-state index contributed by atoms with van der Waals surface area (Å²) in [4.78, 5) is 23.5. The van der Waals surface area contributed by atoms with E-state index in [1.165, 1.54) is 6.07 Å². The molecule has 2 aromatic carbocycles. The Hall–Kier alpha value is -2.87. The van der Waals surface area contributed by atoms with Crippen molar-refractivity contribution in [3.05, 3.63) is 52.6 Å². The standard InChI is InChI=1S/C19H19NO6S/c1-11-7-14(8-12(2)18(11)26-10-17(21)22)19(23)20-15-4-3-13-5-6-27(24,25)16(13)9-15/h3-4,7-9H,5-6,10H2,1-2H3,(H,20,23)(H,21,22). The molecule has 0 aromatic heterocycles. The van der Waals surface area contributed by atoms with Gasteiger partial charge in [0.2, 0.25) is 0 Å². The largest absolute Gasteiger partial charge is 0.481 e. The third kappa shape index (κ3) is 3.95. The summed E-state index contributed by atoms with van der Waals surface area (Å²) in [6.07, 6.45) is 0.488. The monoisotopic (exact) mass is 389 g/mol. The molecule has 0 radical (unpaired) electrons. The van der Waals surface area contributed by atoms with Gasteiger partial charge >= 0.3 is 5.97 Å². The summed E-state index contributed by atoms with van der Waals surface area (Å²) in [6, 6.07) is 8.09. The highest BCUT2D eigenvalue weighted by molar-refractivity contribution is 7.91. The van der Waals surface area contributed by atoms with Gasteiger partial charge in [0.05, 0.1) is 10.6 Å². The SMILES string of the molecule is Cc1cc(C(=O)Nc2ccc3c(c2)S(=O)(=O)CC3)cc(C)c1OCC(=O)O. The molecule has 0 bridgehead atoms. The number of ether oxygens (including phenoxy) is 1. The normalized spacial score (nSPS) is 14.4. The van der Waals surface area contributed by atoms with Crippen LogP contribution >= 0.6 is 0 Å². The number of carboxylic acids is 1. The Morgan fingerprint density at radius 2 is 1.81 bits per heavy atom. The van der Waals surface area contributed by atoms with Crippen molar-refractivity contribution in [3.63, 3.8) is 0 Å². The molecule has 1 aliphatic rings. The molecule has 1 heterocycles. The molecule has 3 rings (SSSR count). The minimum atomic E-state index is -3.28. The Bertz CT molecular complexity index is 1020. The summed E-state index contributed by atoms with van der Waals surface area (Å²) in [5.74, 6) is -0.947. The number of amides is 1. The first kappa shape index (κ1) is 18.9. The van der Waals surface area contributed by atoms with Crippen LogP contribution < -0.4 is 10.1 Å². The van der Waals surface area contributed by atoms with Crippen LogP contribution in [0.2, 0.25) is 0 Å². The van der Waals surface area contributed by atoms with Crippen molar-refractivity contribution < 1.29 is 27.9 Å². The average Bonchev–Trinajstić information content (AvgIpc) is 2.88. The number of benzene rings is 2. The molecule has 27 heavy (non-hydrogen) atoms. The lowest BCUT2D eigenvalue weighted by Gasteiger charge is -2.13. The fourth-order valence-electron chi connectivity index (χ4n) is 3.13. The minimum Gasteiger partial charge on any atom is -0.481 e. The lowest BCUT2D eigenvalue weighted by atomic mass is 10.0. The first-order valence-electron chi connectivity index (χ1n) is 8.30. The second kappa shape index (κ2) is 7.03. The third-order valence-corrected chi connectivity index (χ3v) is 6.15. The lowest BCUT2D eigenvalue weighted by Crippen LogP contribution is -2.14. The molecule has 2 aromatic rings. The molecular weight excluding hydrogens is 370 g/mol. The van der Waals surface area contributed by atoms with E-state index in [0.29, 0.717) is 34.5 Å². The van der Waals surface area contributed by atoms with Crippen molar-refractivity contribution in [1.29, 1.82) is 0 Å². The smallest absolute Gasteiger partial charge is 0.341 e. The zero-order valence-corrected chi connectivity index (χ0v) is 15.7. The third-order valence-electron chi connectivity index (χ3n) is 4.36. The molecule has 8 heteroatoms. The van der Waals surface area contributed by atoms with Crippen LogP contribution in [0.3, 0.4) is 0 Å². The van der Waals surface area contributed by atoms with E-state index in [1.807, 2.05) is 0 Å². The van der Waals surface area contributed by atoms with Gasteiger partial charge in [-0.2, -0.15) is 0 Å². The van der Waals surface area contributed by atoms with Gasteiger partial charge in [0, 0.05) is 11.3 Å². The number of hydrogen-bond acceptors (Lipinski definition) is 5. The Morgan fingerprint density at radius 3 is 2.44 bits per heavy atom. The molecule has 0 saturated carbocycles. The molecule has 142 valence electrons. The van der Waals surface area contributed by atoms with Crippen LogP contribution in [0.25, 0.3) is 0 Å². The van der Waals surface area contributed by atoms with E-state index in [-0.39, 0.29) is 16.6 Å². The maximum atomic E-state index is 12.6. The van der Waals surface area contributed by atoms with Gasteiger partial charge in [-0.3, -0.25) is 4.79 Å². The number of carbonyl (C=O) groups is 2. The van der Waals surface area contributed by atoms with Crippen molar-refractivity contribution in [2.45, 2.75) is 25.2 Å². The van der Waals surface area contributed by atoms with E-state index in [4.69, 9.17) is 9.84 Å². The molecule has 0 atom stereocenters. The van der Waals surface area contributed by atoms with Gasteiger partial charge in [-0.1, -0.05) is 6.07 Å². The average molecular weight is 389 g/mol. The Kier molecular flexibility index (Phi) is 4.93. The molecule has 0 unspecified atom stereocenters. The van der Waals surface area contributed by atoms with Crippen LogP contribution in [0.4, 0.5) is 5.69 Å². The van der Waals surface area contributed by atoms with Crippen LogP contribution in [-0.2, 0) is 21.1 Å². The van der Waals surface area contributed by atoms with Gasteiger partial charge in [0.25, 0.3) is 5.91 Å². The van der Waals surface area contributed by atoms with Crippen LogP contribution in [-0.4, -0.2) is 37.8 Å². The molecular formula is C19H19NO6S. The minimum absolute atomic E-state index is 0.0932. The molecule has 0 aliphatic carbocycles. The Morgan fingerprint density at radius 1 is 1.15 bits per heavy atom. The zero-order valence-electron chi connectivity index (χ0n) is 14.9.